The van der Waals surface area contributed by atoms with Crippen LogP contribution in [0.3, 0.4) is 0 Å². The van der Waals surface area contributed by atoms with Crippen LogP contribution in [-0.2, 0) is 19.6 Å². The molecule has 0 heterocycles. The van der Waals surface area contributed by atoms with Gasteiger partial charge in [0, 0.05) is 19.7 Å². The van der Waals surface area contributed by atoms with E-state index in [2.05, 4.69) is 11.3 Å². The van der Waals surface area contributed by atoms with Crippen molar-refractivity contribution in [3.63, 3.8) is 0 Å². The van der Waals surface area contributed by atoms with Crippen molar-refractivity contribution in [2.75, 3.05) is 20.2 Å². The van der Waals surface area contributed by atoms with Crippen molar-refractivity contribution in [3.05, 3.63) is 12.7 Å². The Hall–Kier alpha value is -1.37. The molecule has 22 heavy (non-hydrogen) atoms. The van der Waals surface area contributed by atoms with Gasteiger partial charge in [-0.1, -0.05) is 6.58 Å². The number of esters is 1. The molecule has 0 rings (SSSR count). The first kappa shape index (κ1) is 20.6. The summed E-state index contributed by atoms with van der Waals surface area (Å²) in [5.41, 5.74) is 0. The molecular weight excluding hydrogens is 351 g/mol. The average Bonchev–Trinajstić information content (AvgIpc) is 2.36. The molecule has 0 saturated carbocycles. The number of hydrogen-bond donors (Lipinski definition) is 0. The summed E-state index contributed by atoms with van der Waals surface area (Å²) in [6, 6.07) is 0. The van der Waals surface area contributed by atoms with Gasteiger partial charge in [-0.15, -0.1) is 0 Å². The molecule has 0 fully saturated rings. The van der Waals surface area contributed by atoms with Gasteiger partial charge in [0.05, 0.1) is 0 Å². The minimum atomic E-state index is -6.80. The number of alkyl halides is 7. The SMILES string of the molecule is C=CC(=O)OCCN(C)S(=O)(=O)C(F)(F)C(F)(F)C(F)(F)F. The van der Waals surface area contributed by atoms with Gasteiger partial charge in [0.1, 0.15) is 6.61 Å². The first-order chi connectivity index (χ1) is 9.63. The Balaban J connectivity index is 5.28. The third kappa shape index (κ3) is 3.69. The fourth-order valence-electron chi connectivity index (χ4n) is 0.977. The van der Waals surface area contributed by atoms with E-state index in [4.69, 9.17) is 0 Å². The molecule has 130 valence electrons. The van der Waals surface area contributed by atoms with Crippen LogP contribution in [0.15, 0.2) is 12.7 Å². The summed E-state index contributed by atoms with van der Waals surface area (Å²) in [6.07, 6.45) is -6.14. The van der Waals surface area contributed by atoms with Crippen molar-refractivity contribution in [1.82, 2.24) is 4.31 Å². The van der Waals surface area contributed by atoms with Gasteiger partial charge in [-0.2, -0.15) is 35.0 Å². The zero-order valence-corrected chi connectivity index (χ0v) is 11.6. The van der Waals surface area contributed by atoms with Gasteiger partial charge < -0.3 is 4.74 Å². The Morgan fingerprint density at radius 3 is 2.00 bits per heavy atom. The standard InChI is InChI=1S/C9H10F7NO4S/c1-3-6(18)21-5-4-17(2)22(19,20)9(15,16)7(10,11)8(12,13)14/h3H,1,4-5H2,2H3. The molecule has 0 spiro atoms. The Labute approximate surface area is 120 Å². The number of sulfonamides is 1. The number of carbonyl (C=O) groups is 1. The van der Waals surface area contributed by atoms with Crippen molar-refractivity contribution in [3.8, 4) is 0 Å². The molecule has 0 aliphatic rings. The number of ether oxygens (including phenoxy) is 1. The first-order valence-corrected chi connectivity index (χ1v) is 6.64. The van der Waals surface area contributed by atoms with Crippen LogP contribution < -0.4 is 0 Å². The number of halogens is 7. The lowest BCUT2D eigenvalue weighted by Crippen LogP contribution is -2.59. The molecule has 0 radical (unpaired) electrons. The van der Waals surface area contributed by atoms with E-state index in [9.17, 15) is 43.9 Å². The highest BCUT2D eigenvalue weighted by Gasteiger charge is 2.79. The van der Waals surface area contributed by atoms with E-state index in [0.29, 0.717) is 13.1 Å². The van der Waals surface area contributed by atoms with Crippen LogP contribution in [-0.4, -0.2) is 56.2 Å². The largest absolute Gasteiger partial charge is 0.461 e. The maximum Gasteiger partial charge on any atom is 0.461 e. The molecule has 5 nitrogen and oxygen atoms in total. The molecular formula is C9H10F7NO4S. The predicted octanol–water partition coefficient (Wildman–Crippen LogP) is 1.77. The highest BCUT2D eigenvalue weighted by atomic mass is 32.2. The molecule has 0 aromatic carbocycles. The van der Waals surface area contributed by atoms with Crippen LogP contribution in [0.5, 0.6) is 0 Å². The van der Waals surface area contributed by atoms with Crippen LogP contribution in [0.4, 0.5) is 30.7 Å². The van der Waals surface area contributed by atoms with Crippen molar-refractivity contribution in [2.24, 2.45) is 0 Å². The van der Waals surface area contributed by atoms with Crippen LogP contribution >= 0.6 is 0 Å². The highest BCUT2D eigenvalue weighted by molar-refractivity contribution is 7.90. The van der Waals surface area contributed by atoms with Gasteiger partial charge >= 0.3 is 23.3 Å². The lowest BCUT2D eigenvalue weighted by atomic mass is 10.3. The number of nitrogens with zero attached hydrogens (tertiary/aromatic N) is 1. The molecule has 13 heteroatoms. The molecule has 0 saturated heterocycles. The lowest BCUT2D eigenvalue weighted by Gasteiger charge is -2.30. The van der Waals surface area contributed by atoms with Crippen LogP contribution in [0, 0.1) is 0 Å². The quantitative estimate of drug-likeness (QED) is 0.394. The minimum absolute atomic E-state index is 0.331. The average molecular weight is 361 g/mol. The minimum Gasteiger partial charge on any atom is -0.461 e. The topological polar surface area (TPSA) is 63.7 Å². The van der Waals surface area contributed by atoms with Gasteiger partial charge in [-0.05, 0) is 0 Å². The number of likely N-dealkylation sites (N-methyl/N-ethyl adjacent to an activating group) is 1. The highest BCUT2D eigenvalue weighted by Crippen LogP contribution is 2.49. The lowest BCUT2D eigenvalue weighted by molar-refractivity contribution is -0.332. The zero-order chi connectivity index (χ0) is 18.0. The van der Waals surface area contributed by atoms with Crippen LogP contribution in [0.2, 0.25) is 0 Å². The Bertz CT molecular complexity index is 529. The first-order valence-electron chi connectivity index (χ1n) is 5.20. The van der Waals surface area contributed by atoms with E-state index < -0.39 is 50.8 Å². The second kappa shape index (κ2) is 6.40. The number of rotatable bonds is 7. The maximum absolute atomic E-state index is 13.2. The van der Waals surface area contributed by atoms with Crippen molar-refractivity contribution >= 4 is 16.0 Å². The Morgan fingerprint density at radius 1 is 1.18 bits per heavy atom. The van der Waals surface area contributed by atoms with Crippen molar-refractivity contribution in [2.45, 2.75) is 17.4 Å². The fraction of sp³-hybridized carbons (Fsp3) is 0.667. The van der Waals surface area contributed by atoms with Gasteiger partial charge in [0.2, 0.25) is 0 Å². The molecule has 0 amide bonds. The zero-order valence-electron chi connectivity index (χ0n) is 10.8. The molecule has 0 N–H and O–H groups in total. The third-order valence-corrected chi connectivity index (χ3v) is 4.18. The molecule has 0 aromatic rings. The van der Waals surface area contributed by atoms with E-state index in [-0.39, 0.29) is 0 Å². The van der Waals surface area contributed by atoms with E-state index in [1.54, 1.807) is 0 Å². The fourth-order valence-corrected chi connectivity index (χ4v) is 2.12. The summed E-state index contributed by atoms with van der Waals surface area (Å²) in [5, 5.41) is -6.44. The molecule has 0 aromatic heterocycles. The smallest absolute Gasteiger partial charge is 0.461 e. The van der Waals surface area contributed by atoms with Gasteiger partial charge in [0.25, 0.3) is 10.0 Å². The van der Waals surface area contributed by atoms with E-state index in [0.717, 1.165) is 0 Å². The summed E-state index contributed by atoms with van der Waals surface area (Å²) in [6.45, 7) is 1.04. The van der Waals surface area contributed by atoms with E-state index in [1.807, 2.05) is 0 Å². The van der Waals surface area contributed by atoms with Gasteiger partial charge in [-0.25, -0.2) is 13.2 Å². The molecule has 0 unspecified atom stereocenters. The molecule has 0 atom stereocenters. The van der Waals surface area contributed by atoms with Gasteiger partial charge in [0.15, 0.2) is 0 Å². The van der Waals surface area contributed by atoms with Crippen molar-refractivity contribution < 1.29 is 48.7 Å². The molecule has 0 aliphatic carbocycles. The van der Waals surface area contributed by atoms with Crippen molar-refractivity contribution in [1.29, 1.82) is 0 Å². The summed E-state index contributed by atoms with van der Waals surface area (Å²) in [7, 11) is -6.04. The summed E-state index contributed by atoms with van der Waals surface area (Å²) in [4.78, 5) is 10.6. The monoisotopic (exact) mass is 361 g/mol. The number of hydrogen-bond acceptors (Lipinski definition) is 4. The summed E-state index contributed by atoms with van der Waals surface area (Å²) in [5.74, 6) is -7.87. The second-order valence-electron chi connectivity index (χ2n) is 3.79. The Morgan fingerprint density at radius 2 is 1.64 bits per heavy atom. The third-order valence-electron chi connectivity index (χ3n) is 2.27. The van der Waals surface area contributed by atoms with E-state index >= 15 is 0 Å². The summed E-state index contributed by atoms with van der Waals surface area (Å²) < 4.78 is 114. The molecule has 0 aliphatic heterocycles. The molecule has 0 bridgehead atoms. The van der Waals surface area contributed by atoms with Gasteiger partial charge in [-0.3, -0.25) is 0 Å². The van der Waals surface area contributed by atoms with Crippen LogP contribution in [0.1, 0.15) is 0 Å². The normalized spacial score (nSPS) is 14.0. The maximum atomic E-state index is 13.2. The number of carbonyl (C=O) groups excluding carboxylic acids is 1. The Kier molecular flexibility index (Phi) is 6.00. The predicted molar refractivity (Wildman–Crippen MR) is 58.7 cm³/mol. The second-order valence-corrected chi connectivity index (χ2v) is 5.87. The van der Waals surface area contributed by atoms with Crippen LogP contribution in [0.25, 0.3) is 0 Å². The van der Waals surface area contributed by atoms with E-state index in [1.165, 1.54) is 0 Å². The summed E-state index contributed by atoms with van der Waals surface area (Å²) >= 11 is 0.